The molecule has 0 nitrogen and oxygen atoms in total. The maximum absolute atomic E-state index is 13.0. The fraction of sp³-hybridized carbons (Fsp3) is 0.200. The molecule has 1 rings (SSSR count). The van der Waals surface area contributed by atoms with Crippen LogP contribution in [0.3, 0.4) is 0 Å². The van der Waals surface area contributed by atoms with E-state index in [0.29, 0.717) is 11.3 Å². The zero-order valence-corrected chi connectivity index (χ0v) is 7.66. The molecule has 0 spiro atoms. The fourth-order valence-corrected chi connectivity index (χ4v) is 0.997. The monoisotopic (exact) mass is 180 g/mol. The smallest absolute Gasteiger partial charge is 0.139 e. The van der Waals surface area contributed by atoms with E-state index in [0.717, 1.165) is 5.56 Å². The zero-order valence-electron chi connectivity index (χ0n) is 6.76. The molecule has 1 aromatic rings. The van der Waals surface area contributed by atoms with Gasteiger partial charge in [-0.15, -0.1) is 0 Å². The van der Waals surface area contributed by atoms with Gasteiger partial charge in [-0.3, -0.25) is 0 Å². The molecule has 0 unspecified atom stereocenters. The van der Waals surface area contributed by atoms with Crippen LogP contribution in [0.4, 0.5) is 4.39 Å². The Balaban J connectivity index is 3.13. The van der Waals surface area contributed by atoms with E-state index in [1.165, 1.54) is 6.07 Å². The largest absolute Gasteiger partial charge is 0.206 e. The summed E-state index contributed by atoms with van der Waals surface area (Å²) in [7, 11) is 0. The van der Waals surface area contributed by atoms with Crippen molar-refractivity contribution in [3.05, 3.63) is 35.1 Å². The van der Waals surface area contributed by atoms with E-state index in [2.05, 4.69) is 24.5 Å². The van der Waals surface area contributed by atoms with E-state index in [1.54, 1.807) is 6.07 Å². The van der Waals surface area contributed by atoms with Gasteiger partial charge in [0.05, 0.1) is 11.3 Å². The van der Waals surface area contributed by atoms with Crippen LogP contribution in [0.25, 0.3) is 0 Å². The minimum Gasteiger partial charge on any atom is -0.206 e. The van der Waals surface area contributed by atoms with Crippen LogP contribution in [-0.4, -0.2) is 5.75 Å². The highest BCUT2D eigenvalue weighted by Gasteiger charge is 1.99. The standard InChI is InChI=1S/C10H9FS/c1-8-4-2-6-10(11)9(8)5-3-7-12/h2,4,6,12H,7H2,1H3. The summed E-state index contributed by atoms with van der Waals surface area (Å²) in [5, 5.41) is 0. The first kappa shape index (κ1) is 9.15. The minimum atomic E-state index is -0.260. The SMILES string of the molecule is Cc1cccc(F)c1C#CCS. The van der Waals surface area contributed by atoms with Gasteiger partial charge in [-0.2, -0.15) is 12.6 Å². The van der Waals surface area contributed by atoms with Crippen molar-refractivity contribution >= 4 is 12.6 Å². The molecule has 0 aliphatic heterocycles. The first-order valence-electron chi connectivity index (χ1n) is 3.60. The van der Waals surface area contributed by atoms with E-state index in [-0.39, 0.29) is 5.82 Å². The third kappa shape index (κ3) is 2.02. The Hall–Kier alpha value is -0.940. The van der Waals surface area contributed by atoms with Gasteiger partial charge in [0.1, 0.15) is 5.82 Å². The molecule has 1 aromatic carbocycles. The van der Waals surface area contributed by atoms with Crippen molar-refractivity contribution in [1.29, 1.82) is 0 Å². The Bertz CT molecular complexity index is 313. The molecule has 0 amide bonds. The number of hydrogen-bond donors (Lipinski definition) is 1. The molecule has 0 aliphatic carbocycles. The van der Waals surface area contributed by atoms with E-state index in [9.17, 15) is 4.39 Å². The van der Waals surface area contributed by atoms with Crippen molar-refractivity contribution in [2.45, 2.75) is 6.92 Å². The molecule has 0 aliphatic rings. The summed E-state index contributed by atoms with van der Waals surface area (Å²) in [4.78, 5) is 0. The summed E-state index contributed by atoms with van der Waals surface area (Å²) >= 11 is 3.92. The van der Waals surface area contributed by atoms with Crippen molar-refractivity contribution in [2.24, 2.45) is 0 Å². The van der Waals surface area contributed by atoms with Crippen molar-refractivity contribution in [1.82, 2.24) is 0 Å². The second-order valence-corrected chi connectivity index (χ2v) is 2.71. The third-order valence-corrected chi connectivity index (χ3v) is 1.67. The van der Waals surface area contributed by atoms with Crippen molar-refractivity contribution in [3.8, 4) is 11.8 Å². The Labute approximate surface area is 77.2 Å². The lowest BCUT2D eigenvalue weighted by molar-refractivity contribution is 0.623. The van der Waals surface area contributed by atoms with Crippen molar-refractivity contribution in [3.63, 3.8) is 0 Å². The number of benzene rings is 1. The Kier molecular flexibility index (Phi) is 3.19. The van der Waals surface area contributed by atoms with Crippen LogP contribution in [0.2, 0.25) is 0 Å². The van der Waals surface area contributed by atoms with Crippen LogP contribution in [-0.2, 0) is 0 Å². The molecule has 0 radical (unpaired) electrons. The zero-order chi connectivity index (χ0) is 8.97. The molecule has 62 valence electrons. The summed E-state index contributed by atoms with van der Waals surface area (Å²) in [6.45, 7) is 1.84. The van der Waals surface area contributed by atoms with Gasteiger partial charge in [-0.1, -0.05) is 24.0 Å². The lowest BCUT2D eigenvalue weighted by atomic mass is 10.1. The van der Waals surface area contributed by atoms with Gasteiger partial charge < -0.3 is 0 Å². The van der Waals surface area contributed by atoms with Gasteiger partial charge in [-0.25, -0.2) is 4.39 Å². The molecule has 0 aromatic heterocycles. The number of hydrogen-bond acceptors (Lipinski definition) is 1. The maximum Gasteiger partial charge on any atom is 0.139 e. The summed E-state index contributed by atoms with van der Waals surface area (Å²) < 4.78 is 13.0. The summed E-state index contributed by atoms with van der Waals surface area (Å²) in [5.41, 5.74) is 1.34. The predicted octanol–water partition coefficient (Wildman–Crippen LogP) is 2.42. The van der Waals surface area contributed by atoms with E-state index < -0.39 is 0 Å². The van der Waals surface area contributed by atoms with Crippen LogP contribution in [0.5, 0.6) is 0 Å². The van der Waals surface area contributed by atoms with Crippen LogP contribution >= 0.6 is 12.6 Å². The molecular formula is C10H9FS. The van der Waals surface area contributed by atoms with Crippen molar-refractivity contribution in [2.75, 3.05) is 5.75 Å². The van der Waals surface area contributed by atoms with Gasteiger partial charge in [0, 0.05) is 0 Å². The molecule has 0 saturated carbocycles. The van der Waals surface area contributed by atoms with Gasteiger partial charge in [0.2, 0.25) is 0 Å². The molecule has 2 heteroatoms. The Morgan fingerprint density at radius 1 is 1.50 bits per heavy atom. The van der Waals surface area contributed by atoms with E-state index in [4.69, 9.17) is 0 Å². The van der Waals surface area contributed by atoms with Gasteiger partial charge in [0.25, 0.3) is 0 Å². The topological polar surface area (TPSA) is 0 Å². The fourth-order valence-electron chi connectivity index (χ4n) is 0.918. The van der Waals surface area contributed by atoms with Crippen LogP contribution < -0.4 is 0 Å². The van der Waals surface area contributed by atoms with E-state index >= 15 is 0 Å². The first-order chi connectivity index (χ1) is 5.75. The third-order valence-electron chi connectivity index (χ3n) is 1.51. The predicted molar refractivity (Wildman–Crippen MR) is 51.9 cm³/mol. The number of halogens is 1. The molecule has 0 fully saturated rings. The minimum absolute atomic E-state index is 0.260. The molecule has 0 atom stereocenters. The lowest BCUT2D eigenvalue weighted by Gasteiger charge is -1.97. The number of thiol groups is 1. The normalized spacial score (nSPS) is 8.92. The quantitative estimate of drug-likeness (QED) is 0.460. The van der Waals surface area contributed by atoms with E-state index in [1.807, 2.05) is 13.0 Å². The Morgan fingerprint density at radius 3 is 2.83 bits per heavy atom. The van der Waals surface area contributed by atoms with Gasteiger partial charge >= 0.3 is 0 Å². The second kappa shape index (κ2) is 4.18. The summed E-state index contributed by atoms with van der Waals surface area (Å²) in [6.07, 6.45) is 0. The molecule has 0 bridgehead atoms. The second-order valence-electron chi connectivity index (χ2n) is 2.39. The molecule has 0 N–H and O–H groups in total. The summed E-state index contributed by atoms with van der Waals surface area (Å²) in [5.74, 6) is 5.64. The highest BCUT2D eigenvalue weighted by atomic mass is 32.1. The molecule has 12 heavy (non-hydrogen) atoms. The van der Waals surface area contributed by atoms with Gasteiger partial charge in [-0.05, 0) is 18.6 Å². The summed E-state index contributed by atoms with van der Waals surface area (Å²) in [6, 6.07) is 4.93. The highest BCUT2D eigenvalue weighted by Crippen LogP contribution is 2.10. The van der Waals surface area contributed by atoms with Gasteiger partial charge in [0.15, 0.2) is 0 Å². The molecule has 0 saturated heterocycles. The number of aryl methyl sites for hydroxylation is 1. The average Bonchev–Trinajstić information content (AvgIpc) is 2.04. The van der Waals surface area contributed by atoms with Crippen LogP contribution in [0, 0.1) is 24.6 Å². The first-order valence-corrected chi connectivity index (χ1v) is 4.24. The van der Waals surface area contributed by atoms with Crippen molar-refractivity contribution < 1.29 is 4.39 Å². The number of rotatable bonds is 0. The van der Waals surface area contributed by atoms with Crippen LogP contribution in [0.15, 0.2) is 18.2 Å². The highest BCUT2D eigenvalue weighted by molar-refractivity contribution is 7.80. The Morgan fingerprint density at radius 2 is 2.25 bits per heavy atom. The average molecular weight is 180 g/mol. The lowest BCUT2D eigenvalue weighted by Crippen LogP contribution is -1.87. The maximum atomic E-state index is 13.0. The van der Waals surface area contributed by atoms with Crippen LogP contribution in [0.1, 0.15) is 11.1 Å². The molecular weight excluding hydrogens is 171 g/mol. The molecule has 0 heterocycles.